The lowest BCUT2D eigenvalue weighted by atomic mass is 10.2. The molecular weight excluding hydrogens is 380 g/mol. The van der Waals surface area contributed by atoms with Crippen molar-refractivity contribution >= 4 is 34.8 Å². The van der Waals surface area contributed by atoms with E-state index < -0.39 is 5.82 Å². The minimum Gasteiger partial charge on any atom is -0.317 e. The quantitative estimate of drug-likeness (QED) is 0.726. The fraction of sp³-hybridized carbons (Fsp3) is 0.235. The van der Waals surface area contributed by atoms with Gasteiger partial charge in [-0.2, -0.15) is 10.2 Å². The third-order valence-electron chi connectivity index (χ3n) is 4.06. The van der Waals surface area contributed by atoms with Crippen LogP contribution in [0.1, 0.15) is 27.4 Å². The van der Waals surface area contributed by atoms with E-state index in [-0.39, 0.29) is 16.6 Å². The Morgan fingerprint density at radius 2 is 2.00 bits per heavy atom. The van der Waals surface area contributed by atoms with Crippen LogP contribution >= 0.6 is 23.2 Å². The second kappa shape index (κ2) is 7.09. The van der Waals surface area contributed by atoms with Crippen molar-refractivity contribution in [3.63, 3.8) is 0 Å². The van der Waals surface area contributed by atoms with E-state index in [1.807, 2.05) is 6.92 Å². The third-order valence-corrected chi connectivity index (χ3v) is 4.69. The summed E-state index contributed by atoms with van der Waals surface area (Å²) in [6.45, 7) is 3.97. The van der Waals surface area contributed by atoms with Gasteiger partial charge in [-0.3, -0.25) is 14.2 Å². The van der Waals surface area contributed by atoms with Crippen LogP contribution in [0.5, 0.6) is 0 Å². The second-order valence-electron chi connectivity index (χ2n) is 5.86. The molecule has 2 heterocycles. The Hall–Kier alpha value is -2.38. The van der Waals surface area contributed by atoms with Crippen LogP contribution in [0.2, 0.25) is 10.0 Å². The number of anilines is 1. The van der Waals surface area contributed by atoms with E-state index in [0.29, 0.717) is 22.9 Å². The molecule has 3 aromatic rings. The van der Waals surface area contributed by atoms with Crippen molar-refractivity contribution in [2.45, 2.75) is 20.4 Å². The van der Waals surface area contributed by atoms with Gasteiger partial charge in [0.1, 0.15) is 11.5 Å². The Balaban J connectivity index is 1.87. The number of aromatic nitrogens is 4. The number of carbonyl (C=O) groups excluding carboxylic acids is 1. The van der Waals surface area contributed by atoms with Gasteiger partial charge in [0.25, 0.3) is 5.91 Å². The fourth-order valence-corrected chi connectivity index (χ4v) is 3.16. The third kappa shape index (κ3) is 3.45. The number of halogens is 3. The molecular formula is C17H16Cl2FN5O. The van der Waals surface area contributed by atoms with E-state index in [4.69, 9.17) is 23.2 Å². The van der Waals surface area contributed by atoms with Crippen molar-refractivity contribution in [3.8, 4) is 0 Å². The molecule has 0 saturated heterocycles. The molecule has 1 amide bonds. The van der Waals surface area contributed by atoms with E-state index in [2.05, 4.69) is 15.5 Å². The first kappa shape index (κ1) is 18.4. The van der Waals surface area contributed by atoms with E-state index in [1.165, 1.54) is 23.0 Å². The Morgan fingerprint density at radius 3 is 2.62 bits per heavy atom. The van der Waals surface area contributed by atoms with E-state index in [1.54, 1.807) is 24.7 Å². The van der Waals surface area contributed by atoms with Gasteiger partial charge in [0.15, 0.2) is 0 Å². The lowest BCUT2D eigenvalue weighted by Gasteiger charge is -2.09. The molecule has 0 saturated carbocycles. The lowest BCUT2D eigenvalue weighted by molar-refractivity contribution is 0.101. The molecule has 0 radical (unpaired) electrons. The Bertz CT molecular complexity index is 976. The maximum atomic E-state index is 13.2. The van der Waals surface area contributed by atoms with Crippen LogP contribution in [0, 0.1) is 19.7 Å². The van der Waals surface area contributed by atoms with Gasteiger partial charge in [0.05, 0.1) is 34.8 Å². The van der Waals surface area contributed by atoms with E-state index >= 15 is 0 Å². The van der Waals surface area contributed by atoms with Crippen LogP contribution in [0.3, 0.4) is 0 Å². The summed E-state index contributed by atoms with van der Waals surface area (Å²) in [6.07, 6.45) is 1.41. The number of nitrogens with zero attached hydrogens (tertiary/aromatic N) is 4. The standard InChI is InChI=1S/C17H16Cl2FN5O/c1-9-15(22-17(26)16-14(19)7-21-24(16)3)10(2)25(23-9)8-11-4-5-12(20)6-13(11)18/h4-7H,8H2,1-3H3,(H,22,26). The summed E-state index contributed by atoms with van der Waals surface area (Å²) in [5.74, 6) is -0.770. The summed E-state index contributed by atoms with van der Waals surface area (Å²) in [5.41, 5.74) is 2.97. The number of hydrogen-bond donors (Lipinski definition) is 1. The molecule has 6 nitrogen and oxygen atoms in total. The zero-order valence-corrected chi connectivity index (χ0v) is 15.9. The maximum Gasteiger partial charge on any atom is 0.275 e. The predicted octanol–water partition coefficient (Wildman–Crippen LogP) is 3.98. The van der Waals surface area contributed by atoms with Crippen molar-refractivity contribution in [1.82, 2.24) is 19.6 Å². The molecule has 0 aliphatic carbocycles. The summed E-state index contributed by atoms with van der Waals surface area (Å²) in [7, 11) is 1.64. The molecule has 0 aliphatic rings. The van der Waals surface area contributed by atoms with Gasteiger partial charge in [0, 0.05) is 12.1 Å². The van der Waals surface area contributed by atoms with Crippen molar-refractivity contribution in [3.05, 3.63) is 62.9 Å². The molecule has 3 rings (SSSR count). The summed E-state index contributed by atoms with van der Waals surface area (Å²) in [6, 6.07) is 4.22. The van der Waals surface area contributed by atoms with Crippen LogP contribution in [0.4, 0.5) is 10.1 Å². The summed E-state index contributed by atoms with van der Waals surface area (Å²) < 4.78 is 16.3. The summed E-state index contributed by atoms with van der Waals surface area (Å²) >= 11 is 12.1. The molecule has 0 unspecified atom stereocenters. The molecule has 0 bridgehead atoms. The minimum absolute atomic E-state index is 0.264. The van der Waals surface area contributed by atoms with Crippen LogP contribution in [0.15, 0.2) is 24.4 Å². The van der Waals surface area contributed by atoms with Gasteiger partial charge in [-0.05, 0) is 31.5 Å². The predicted molar refractivity (Wildman–Crippen MR) is 98.4 cm³/mol. The Morgan fingerprint density at radius 1 is 1.27 bits per heavy atom. The number of amides is 1. The maximum absolute atomic E-state index is 13.2. The van der Waals surface area contributed by atoms with Gasteiger partial charge >= 0.3 is 0 Å². The molecule has 0 fully saturated rings. The highest BCUT2D eigenvalue weighted by Gasteiger charge is 2.20. The first-order chi connectivity index (χ1) is 12.3. The molecule has 1 N–H and O–H groups in total. The van der Waals surface area contributed by atoms with Crippen LogP contribution < -0.4 is 5.32 Å². The van der Waals surface area contributed by atoms with Gasteiger partial charge in [0.2, 0.25) is 0 Å². The van der Waals surface area contributed by atoms with Gasteiger partial charge < -0.3 is 5.32 Å². The Kier molecular flexibility index (Phi) is 5.02. The number of benzene rings is 1. The molecule has 9 heteroatoms. The molecule has 1 aromatic carbocycles. The van der Waals surface area contributed by atoms with Crippen molar-refractivity contribution in [1.29, 1.82) is 0 Å². The minimum atomic E-state index is -0.395. The first-order valence-corrected chi connectivity index (χ1v) is 8.50. The SMILES string of the molecule is Cc1nn(Cc2ccc(F)cc2Cl)c(C)c1NC(=O)c1c(Cl)cnn1C. The molecule has 0 spiro atoms. The number of carbonyl (C=O) groups is 1. The highest BCUT2D eigenvalue weighted by molar-refractivity contribution is 6.34. The van der Waals surface area contributed by atoms with Gasteiger partial charge in [-0.15, -0.1) is 0 Å². The van der Waals surface area contributed by atoms with Crippen molar-refractivity contribution < 1.29 is 9.18 Å². The average molecular weight is 396 g/mol. The van der Waals surface area contributed by atoms with Crippen molar-refractivity contribution in [2.24, 2.45) is 7.05 Å². The Labute approximate surface area is 159 Å². The van der Waals surface area contributed by atoms with Gasteiger partial charge in [-0.1, -0.05) is 29.3 Å². The summed E-state index contributed by atoms with van der Waals surface area (Å²) in [4.78, 5) is 12.5. The molecule has 136 valence electrons. The summed E-state index contributed by atoms with van der Waals surface area (Å²) in [5, 5.41) is 11.8. The average Bonchev–Trinajstić information content (AvgIpc) is 3.03. The van der Waals surface area contributed by atoms with E-state index in [0.717, 1.165) is 11.3 Å². The van der Waals surface area contributed by atoms with Crippen LogP contribution in [-0.2, 0) is 13.6 Å². The molecule has 0 atom stereocenters. The normalized spacial score (nSPS) is 11.0. The second-order valence-corrected chi connectivity index (χ2v) is 6.67. The molecule has 2 aromatic heterocycles. The smallest absolute Gasteiger partial charge is 0.275 e. The van der Waals surface area contributed by atoms with Crippen LogP contribution in [-0.4, -0.2) is 25.5 Å². The number of rotatable bonds is 4. The van der Waals surface area contributed by atoms with Crippen molar-refractivity contribution in [2.75, 3.05) is 5.32 Å². The lowest BCUT2D eigenvalue weighted by Crippen LogP contribution is -2.17. The monoisotopic (exact) mass is 395 g/mol. The fourth-order valence-electron chi connectivity index (χ4n) is 2.68. The molecule has 0 aliphatic heterocycles. The largest absolute Gasteiger partial charge is 0.317 e. The first-order valence-electron chi connectivity index (χ1n) is 7.74. The number of nitrogens with one attached hydrogen (secondary N) is 1. The number of hydrogen-bond acceptors (Lipinski definition) is 3. The topological polar surface area (TPSA) is 64.7 Å². The van der Waals surface area contributed by atoms with E-state index in [9.17, 15) is 9.18 Å². The highest BCUT2D eigenvalue weighted by atomic mass is 35.5. The molecule has 26 heavy (non-hydrogen) atoms. The van der Waals surface area contributed by atoms with Crippen LogP contribution in [0.25, 0.3) is 0 Å². The zero-order chi connectivity index (χ0) is 19.0. The zero-order valence-electron chi connectivity index (χ0n) is 14.3. The highest BCUT2D eigenvalue weighted by Crippen LogP contribution is 2.25. The van der Waals surface area contributed by atoms with Gasteiger partial charge in [-0.25, -0.2) is 4.39 Å². The number of aryl methyl sites for hydroxylation is 2.